The Morgan fingerprint density at radius 3 is 2.25 bits per heavy atom. The summed E-state index contributed by atoms with van der Waals surface area (Å²) in [5.41, 5.74) is -0.717. The van der Waals surface area contributed by atoms with E-state index in [-0.39, 0.29) is 22.8 Å². The van der Waals surface area contributed by atoms with Gasteiger partial charge in [0.2, 0.25) is 0 Å². The van der Waals surface area contributed by atoms with Crippen LogP contribution in [0, 0.1) is 5.92 Å². The standard InChI is InChI=1S/C14H17F3N2O/c1-13(2,3)19-7-10(8-19)12(20)9-4-5-11(18-6-9)14(15,16)17/h4-6,10H,7-8H2,1-3H3. The summed E-state index contributed by atoms with van der Waals surface area (Å²) in [5.74, 6) is -0.278. The van der Waals surface area contributed by atoms with Crippen molar-refractivity contribution in [3.05, 3.63) is 29.6 Å². The Morgan fingerprint density at radius 1 is 1.25 bits per heavy atom. The number of nitrogens with zero attached hydrogens (tertiary/aromatic N) is 2. The first kappa shape index (κ1) is 15.0. The summed E-state index contributed by atoms with van der Waals surface area (Å²) in [7, 11) is 0. The van der Waals surface area contributed by atoms with Crippen molar-refractivity contribution in [2.45, 2.75) is 32.5 Å². The Kier molecular flexibility index (Phi) is 3.62. The van der Waals surface area contributed by atoms with E-state index in [1.54, 1.807) is 0 Å². The lowest BCUT2D eigenvalue weighted by Crippen LogP contribution is -2.58. The Morgan fingerprint density at radius 2 is 1.85 bits per heavy atom. The first-order valence-corrected chi connectivity index (χ1v) is 6.41. The molecule has 0 aromatic carbocycles. The molecular weight excluding hydrogens is 269 g/mol. The molecule has 0 amide bonds. The Hall–Kier alpha value is -1.43. The zero-order valence-corrected chi connectivity index (χ0v) is 11.7. The van der Waals surface area contributed by atoms with E-state index in [1.165, 1.54) is 6.07 Å². The van der Waals surface area contributed by atoms with Crippen molar-refractivity contribution in [1.82, 2.24) is 9.88 Å². The highest BCUT2D eigenvalue weighted by atomic mass is 19.4. The van der Waals surface area contributed by atoms with E-state index >= 15 is 0 Å². The molecule has 1 fully saturated rings. The van der Waals surface area contributed by atoms with Gasteiger partial charge in [0.05, 0.1) is 0 Å². The summed E-state index contributed by atoms with van der Waals surface area (Å²) < 4.78 is 37.2. The second kappa shape index (κ2) is 4.84. The number of rotatable bonds is 2. The highest BCUT2D eigenvalue weighted by Crippen LogP contribution is 2.29. The van der Waals surface area contributed by atoms with Gasteiger partial charge in [0, 0.05) is 36.3 Å². The molecule has 0 atom stereocenters. The first-order chi connectivity index (χ1) is 9.09. The van der Waals surface area contributed by atoms with Gasteiger partial charge in [0.15, 0.2) is 5.78 Å². The van der Waals surface area contributed by atoms with E-state index in [2.05, 4.69) is 30.7 Å². The average Bonchev–Trinajstić information content (AvgIpc) is 2.24. The van der Waals surface area contributed by atoms with E-state index in [0.717, 1.165) is 12.3 Å². The molecule has 3 nitrogen and oxygen atoms in total. The third-order valence-electron chi connectivity index (χ3n) is 3.54. The SMILES string of the molecule is CC(C)(C)N1CC(C(=O)c2ccc(C(F)(F)F)nc2)C1. The monoisotopic (exact) mass is 286 g/mol. The fourth-order valence-corrected chi connectivity index (χ4v) is 2.14. The molecule has 0 bridgehead atoms. The van der Waals surface area contributed by atoms with Crippen LogP contribution in [0.5, 0.6) is 0 Å². The molecule has 1 aliphatic heterocycles. The quantitative estimate of drug-likeness (QED) is 0.784. The van der Waals surface area contributed by atoms with Gasteiger partial charge in [-0.05, 0) is 32.9 Å². The number of carbonyl (C=O) groups excluding carboxylic acids is 1. The lowest BCUT2D eigenvalue weighted by atomic mass is 9.87. The molecule has 2 heterocycles. The predicted octanol–water partition coefficient (Wildman–Crippen LogP) is 3.01. The molecule has 1 saturated heterocycles. The minimum atomic E-state index is -4.47. The summed E-state index contributed by atoms with van der Waals surface area (Å²) in [6.07, 6.45) is -3.45. The van der Waals surface area contributed by atoms with Crippen molar-refractivity contribution < 1.29 is 18.0 Å². The van der Waals surface area contributed by atoms with Gasteiger partial charge in [-0.15, -0.1) is 0 Å². The molecule has 0 N–H and O–H groups in total. The van der Waals surface area contributed by atoms with Crippen LogP contribution in [0.2, 0.25) is 0 Å². The molecular formula is C14H17F3N2O. The highest BCUT2D eigenvalue weighted by molar-refractivity contribution is 5.98. The van der Waals surface area contributed by atoms with E-state index in [4.69, 9.17) is 0 Å². The number of hydrogen-bond donors (Lipinski definition) is 0. The van der Waals surface area contributed by atoms with Gasteiger partial charge in [0.1, 0.15) is 5.69 Å². The van der Waals surface area contributed by atoms with Gasteiger partial charge in [-0.3, -0.25) is 14.7 Å². The first-order valence-electron chi connectivity index (χ1n) is 6.41. The lowest BCUT2D eigenvalue weighted by molar-refractivity contribution is -0.141. The zero-order chi connectivity index (χ0) is 15.1. The Balaban J connectivity index is 2.02. The number of pyridine rings is 1. The van der Waals surface area contributed by atoms with Crippen molar-refractivity contribution >= 4 is 5.78 Å². The van der Waals surface area contributed by atoms with Crippen LogP contribution in [0.4, 0.5) is 13.2 Å². The molecule has 1 aliphatic rings. The van der Waals surface area contributed by atoms with Gasteiger partial charge in [-0.2, -0.15) is 13.2 Å². The number of ketones is 1. The number of aromatic nitrogens is 1. The normalized spacial score (nSPS) is 17.9. The molecule has 110 valence electrons. The molecule has 20 heavy (non-hydrogen) atoms. The van der Waals surface area contributed by atoms with E-state index in [0.29, 0.717) is 13.1 Å². The minimum absolute atomic E-state index is 0.00910. The van der Waals surface area contributed by atoms with Gasteiger partial charge < -0.3 is 0 Å². The number of Topliss-reactive ketones (excluding diaryl/α,β-unsaturated/α-hetero) is 1. The van der Waals surface area contributed by atoms with Gasteiger partial charge in [0.25, 0.3) is 0 Å². The summed E-state index contributed by atoms with van der Waals surface area (Å²) in [5, 5.41) is 0. The van der Waals surface area contributed by atoms with Crippen molar-refractivity contribution in [3.8, 4) is 0 Å². The van der Waals surface area contributed by atoms with Gasteiger partial charge >= 0.3 is 6.18 Å². The highest BCUT2D eigenvalue weighted by Gasteiger charge is 2.39. The molecule has 0 unspecified atom stereocenters. The Labute approximate surface area is 115 Å². The fourth-order valence-electron chi connectivity index (χ4n) is 2.14. The van der Waals surface area contributed by atoms with Crippen molar-refractivity contribution in [2.24, 2.45) is 5.92 Å². The zero-order valence-electron chi connectivity index (χ0n) is 11.7. The van der Waals surface area contributed by atoms with Crippen LogP contribution in [0.25, 0.3) is 0 Å². The molecule has 0 spiro atoms. The number of hydrogen-bond acceptors (Lipinski definition) is 3. The lowest BCUT2D eigenvalue weighted by Gasteiger charge is -2.47. The van der Waals surface area contributed by atoms with Crippen LogP contribution in [0.3, 0.4) is 0 Å². The maximum atomic E-state index is 12.4. The van der Waals surface area contributed by atoms with Crippen LogP contribution < -0.4 is 0 Å². The third kappa shape index (κ3) is 3.00. The van der Waals surface area contributed by atoms with Crippen LogP contribution in [-0.2, 0) is 6.18 Å². The summed E-state index contributed by atoms with van der Waals surface area (Å²) in [6, 6.07) is 2.06. The molecule has 0 aliphatic carbocycles. The summed E-state index contributed by atoms with van der Waals surface area (Å²) in [4.78, 5) is 17.6. The summed E-state index contributed by atoms with van der Waals surface area (Å²) >= 11 is 0. The molecule has 1 aromatic rings. The number of halogens is 3. The topological polar surface area (TPSA) is 33.2 Å². The van der Waals surface area contributed by atoms with Gasteiger partial charge in [-0.25, -0.2) is 0 Å². The van der Waals surface area contributed by atoms with Crippen LogP contribution in [0.1, 0.15) is 36.8 Å². The smallest absolute Gasteiger partial charge is 0.297 e. The van der Waals surface area contributed by atoms with Crippen molar-refractivity contribution in [2.75, 3.05) is 13.1 Å². The molecule has 2 rings (SSSR count). The molecule has 0 radical (unpaired) electrons. The molecule has 0 saturated carbocycles. The minimum Gasteiger partial charge on any atom is -0.297 e. The van der Waals surface area contributed by atoms with E-state index in [9.17, 15) is 18.0 Å². The predicted molar refractivity (Wildman–Crippen MR) is 68.4 cm³/mol. The maximum absolute atomic E-state index is 12.4. The van der Waals surface area contributed by atoms with Crippen LogP contribution in [-0.4, -0.2) is 34.3 Å². The largest absolute Gasteiger partial charge is 0.433 e. The summed E-state index contributed by atoms with van der Waals surface area (Å²) in [6.45, 7) is 7.47. The number of alkyl halides is 3. The second-order valence-electron chi connectivity index (χ2n) is 6.07. The number of likely N-dealkylation sites (tertiary alicyclic amines) is 1. The van der Waals surface area contributed by atoms with E-state index in [1.807, 2.05) is 0 Å². The van der Waals surface area contributed by atoms with Crippen molar-refractivity contribution in [3.63, 3.8) is 0 Å². The molecule has 1 aromatic heterocycles. The maximum Gasteiger partial charge on any atom is 0.433 e. The van der Waals surface area contributed by atoms with Crippen LogP contribution >= 0.6 is 0 Å². The fraction of sp³-hybridized carbons (Fsp3) is 0.571. The Bertz CT molecular complexity index is 497. The van der Waals surface area contributed by atoms with E-state index < -0.39 is 11.9 Å². The van der Waals surface area contributed by atoms with Crippen molar-refractivity contribution in [1.29, 1.82) is 0 Å². The average molecular weight is 286 g/mol. The van der Waals surface area contributed by atoms with Crippen LogP contribution in [0.15, 0.2) is 18.3 Å². The van der Waals surface area contributed by atoms with Gasteiger partial charge in [-0.1, -0.05) is 0 Å². The second-order valence-corrected chi connectivity index (χ2v) is 6.07. The third-order valence-corrected chi connectivity index (χ3v) is 3.54. The molecule has 6 heteroatoms. The number of carbonyl (C=O) groups is 1.